The third kappa shape index (κ3) is 27.0. The fourth-order valence-electron chi connectivity index (χ4n) is 0.177. The van der Waals surface area contributed by atoms with Crippen LogP contribution in [0.3, 0.4) is 0 Å². The average molecular weight is 293 g/mol. The average Bonchev–Trinajstić information content (AvgIpc) is 1.41. The van der Waals surface area contributed by atoms with Crippen LogP contribution in [-0.4, -0.2) is 33.5 Å². The Morgan fingerprint density at radius 1 is 1.25 bits per heavy atom. The molecule has 0 atom stereocenters. The Bertz CT molecular complexity index is 21.5. The van der Waals surface area contributed by atoms with Gasteiger partial charge in [-0.05, 0) is 0 Å². The molecule has 0 bridgehead atoms. The molecule has 53 valence electrons. The van der Waals surface area contributed by atoms with E-state index in [1.165, 1.54) is 17.3 Å². The predicted octanol–water partition coefficient (Wildman–Crippen LogP) is 0.302. The maximum Gasteiger partial charge on any atom is -0.412 e. The molecule has 3 radical (unpaired) electrons. The van der Waals surface area contributed by atoms with Crippen molar-refractivity contribution in [2.45, 2.75) is 24.2 Å². The fourth-order valence-corrected chi connectivity index (χ4v) is 1.19. The molecule has 0 aliphatic rings. The molecule has 0 heterocycles. The summed E-state index contributed by atoms with van der Waals surface area (Å²) >= 11 is 1.68. The van der Waals surface area contributed by atoms with E-state index in [9.17, 15) is 0 Å². The summed E-state index contributed by atoms with van der Waals surface area (Å²) in [6.07, 6.45) is 2.80. The summed E-state index contributed by atoms with van der Waals surface area (Å²) in [5, 5.41) is 0. The van der Waals surface area contributed by atoms with Crippen LogP contribution in [-0.2, 0) is 0 Å². The Labute approximate surface area is 74.5 Å². The maximum absolute atomic E-state index is 2.23. The molecule has 2 nitrogen and oxygen atoms in total. The van der Waals surface area contributed by atoms with Gasteiger partial charge in [-0.2, -0.15) is 0 Å². The number of hydrogen-bond donors (Lipinski definition) is 0. The molecule has 0 aliphatic carbocycles. The van der Waals surface area contributed by atoms with Gasteiger partial charge in [-0.25, -0.2) is 0 Å². The summed E-state index contributed by atoms with van der Waals surface area (Å²) in [4.78, 5) is 0. The van der Waals surface area contributed by atoms with Gasteiger partial charge in [0.05, 0.1) is 0 Å². The standard InChI is InChI=1S/C4H9.BrH.2H2O.Sn/c1-3-4-2;;;;/h1,3-4H2,2H3;1H;2*1H2;. The van der Waals surface area contributed by atoms with Crippen LogP contribution in [0.2, 0.25) is 4.44 Å². The summed E-state index contributed by atoms with van der Waals surface area (Å²) in [5.74, 6) is 0. The molecule has 0 aromatic heterocycles. The molecule has 0 amide bonds. The van der Waals surface area contributed by atoms with E-state index < -0.39 is 0 Å². The van der Waals surface area contributed by atoms with Crippen LogP contribution in [0.15, 0.2) is 0 Å². The third-order valence-corrected chi connectivity index (χ3v) is 1.54. The molecule has 0 fully saturated rings. The van der Waals surface area contributed by atoms with Crippen molar-refractivity contribution in [3.8, 4) is 0 Å². The topological polar surface area (TPSA) is 63.0 Å². The van der Waals surface area contributed by atoms with E-state index in [4.69, 9.17) is 0 Å². The first-order valence-corrected chi connectivity index (χ1v) is 4.08. The minimum atomic E-state index is 0. The molecule has 0 aromatic carbocycles. The number of unbranched alkanes of at least 4 members (excludes halogenated alkanes) is 1. The summed E-state index contributed by atoms with van der Waals surface area (Å²) in [5.41, 5.74) is 0. The van der Waals surface area contributed by atoms with Gasteiger partial charge in [0, 0.05) is 0 Å². The largest absolute Gasteiger partial charge is 0.412 e. The van der Waals surface area contributed by atoms with Gasteiger partial charge in [0.2, 0.25) is 0 Å². The van der Waals surface area contributed by atoms with Crippen molar-refractivity contribution in [2.24, 2.45) is 0 Å². The molecule has 0 spiro atoms. The van der Waals surface area contributed by atoms with Crippen molar-refractivity contribution >= 4 is 39.5 Å². The van der Waals surface area contributed by atoms with Gasteiger partial charge >= 0.3 is 46.7 Å². The normalized spacial score (nSPS) is 5.25. The zero-order chi connectivity index (χ0) is 4.12. The summed E-state index contributed by atoms with van der Waals surface area (Å²) in [7, 11) is 0. The van der Waals surface area contributed by atoms with E-state index in [1.807, 2.05) is 0 Å². The van der Waals surface area contributed by atoms with Crippen molar-refractivity contribution < 1.29 is 11.0 Å². The van der Waals surface area contributed by atoms with Crippen molar-refractivity contribution in [1.29, 1.82) is 0 Å². The van der Waals surface area contributed by atoms with E-state index in [1.54, 1.807) is 22.5 Å². The van der Waals surface area contributed by atoms with Gasteiger partial charge in [0.1, 0.15) is 0 Å². The van der Waals surface area contributed by atoms with Crippen LogP contribution in [0.1, 0.15) is 19.8 Å². The second-order valence-electron chi connectivity index (χ2n) is 1.10. The van der Waals surface area contributed by atoms with Crippen LogP contribution in [0.5, 0.6) is 0 Å². The van der Waals surface area contributed by atoms with Crippen LogP contribution in [0, 0.1) is 0 Å². The molecule has 4 N–H and O–H groups in total. The fraction of sp³-hybridized carbons (Fsp3) is 1.00. The third-order valence-electron chi connectivity index (χ3n) is 0.530. The van der Waals surface area contributed by atoms with Gasteiger partial charge in [-0.3, -0.25) is 0 Å². The minimum Gasteiger partial charge on any atom is -0.412 e. The van der Waals surface area contributed by atoms with Crippen molar-refractivity contribution in [3.63, 3.8) is 0 Å². The first-order valence-electron chi connectivity index (χ1n) is 2.06. The van der Waals surface area contributed by atoms with E-state index in [-0.39, 0.29) is 27.9 Å². The van der Waals surface area contributed by atoms with Crippen LogP contribution in [0.4, 0.5) is 0 Å². The summed E-state index contributed by atoms with van der Waals surface area (Å²) in [6, 6.07) is 0. The molecule has 0 saturated carbocycles. The van der Waals surface area contributed by atoms with Gasteiger partial charge in [0.15, 0.2) is 0 Å². The summed E-state index contributed by atoms with van der Waals surface area (Å²) in [6.45, 7) is 2.23. The van der Waals surface area contributed by atoms with E-state index in [0.29, 0.717) is 0 Å². The molecule has 8 heavy (non-hydrogen) atoms. The van der Waals surface area contributed by atoms with Gasteiger partial charge < -0.3 is 11.0 Å². The first kappa shape index (κ1) is 22.9. The number of hydrogen-bond acceptors (Lipinski definition) is 0. The van der Waals surface area contributed by atoms with E-state index in [0.717, 1.165) is 0 Å². The molecule has 0 aromatic rings. The van der Waals surface area contributed by atoms with Crippen LogP contribution >= 0.6 is 17.0 Å². The van der Waals surface area contributed by atoms with Crippen molar-refractivity contribution in [2.75, 3.05) is 0 Å². The Morgan fingerprint density at radius 3 is 1.62 bits per heavy atom. The number of rotatable bonds is 2. The first-order chi connectivity index (χ1) is 2.41. The van der Waals surface area contributed by atoms with Gasteiger partial charge in [-0.1, -0.05) is 0 Å². The van der Waals surface area contributed by atoms with Gasteiger partial charge in [-0.15, -0.1) is 17.0 Å². The van der Waals surface area contributed by atoms with Crippen molar-refractivity contribution in [1.82, 2.24) is 0 Å². The molecule has 0 rings (SSSR count). The van der Waals surface area contributed by atoms with Crippen molar-refractivity contribution in [3.05, 3.63) is 0 Å². The molecule has 0 aliphatic heterocycles. The monoisotopic (exact) mass is 293 g/mol. The minimum absolute atomic E-state index is 0. The van der Waals surface area contributed by atoms with E-state index in [2.05, 4.69) is 6.92 Å². The molecule has 0 unspecified atom stereocenters. The smallest absolute Gasteiger partial charge is 0.412 e. The zero-order valence-corrected chi connectivity index (χ0v) is 9.60. The Balaban J connectivity index is -0.0000000267. The predicted molar refractivity (Wildman–Crippen MR) is 43.0 cm³/mol. The van der Waals surface area contributed by atoms with Gasteiger partial charge in [0.25, 0.3) is 0 Å². The number of halogens is 1. The Morgan fingerprint density at radius 2 is 1.62 bits per heavy atom. The second-order valence-corrected chi connectivity index (χ2v) is 2.53. The molecule has 4 heteroatoms. The summed E-state index contributed by atoms with van der Waals surface area (Å²) < 4.78 is 1.43. The van der Waals surface area contributed by atoms with E-state index >= 15 is 0 Å². The van der Waals surface area contributed by atoms with Crippen LogP contribution in [0.25, 0.3) is 0 Å². The Kier molecular flexibility index (Phi) is 68.9. The molecular formula is C4H14BrO2Sn. The van der Waals surface area contributed by atoms with Crippen LogP contribution < -0.4 is 0 Å². The molecular weight excluding hydrogens is 279 g/mol. The SMILES string of the molecule is Br.CCC[CH2][Sn].O.O. The zero-order valence-electron chi connectivity index (χ0n) is 5.03. The quantitative estimate of drug-likeness (QED) is 0.657. The molecule has 0 saturated heterocycles. The maximum atomic E-state index is 2.23. The second kappa shape index (κ2) is 24.1. The Hall–Kier alpha value is 1.20.